The van der Waals surface area contributed by atoms with E-state index < -0.39 is 0 Å². The highest BCUT2D eigenvalue weighted by Crippen LogP contribution is 2.27. The van der Waals surface area contributed by atoms with Gasteiger partial charge in [0.2, 0.25) is 0 Å². The van der Waals surface area contributed by atoms with Crippen LogP contribution >= 0.6 is 27.5 Å². The molecule has 0 atom stereocenters. The van der Waals surface area contributed by atoms with Crippen LogP contribution in [-0.2, 0) is 12.8 Å². The van der Waals surface area contributed by atoms with Gasteiger partial charge in [0.1, 0.15) is 5.15 Å². The third kappa shape index (κ3) is 3.58. The van der Waals surface area contributed by atoms with Crippen molar-refractivity contribution in [2.45, 2.75) is 33.6 Å². The van der Waals surface area contributed by atoms with Gasteiger partial charge in [0, 0.05) is 5.56 Å². The molecule has 2 nitrogen and oxygen atoms in total. The van der Waals surface area contributed by atoms with E-state index in [2.05, 4.69) is 70.9 Å². The highest BCUT2D eigenvalue weighted by atomic mass is 79.9. The fourth-order valence-electron chi connectivity index (χ4n) is 2.09. The Hall–Kier alpha value is -0.930. The van der Waals surface area contributed by atoms with E-state index in [4.69, 9.17) is 11.6 Å². The molecule has 1 aromatic carbocycles. The largest absolute Gasteiger partial charge is 0.232 e. The Morgan fingerprint density at radius 1 is 1.15 bits per heavy atom. The van der Waals surface area contributed by atoms with E-state index >= 15 is 0 Å². The summed E-state index contributed by atoms with van der Waals surface area (Å²) in [5.74, 6) is 1.34. The van der Waals surface area contributed by atoms with Crippen LogP contribution in [0.5, 0.6) is 0 Å². The summed E-state index contributed by atoms with van der Waals surface area (Å²) in [5.41, 5.74) is 3.27. The van der Waals surface area contributed by atoms with E-state index in [1.165, 1.54) is 5.56 Å². The van der Waals surface area contributed by atoms with Crippen LogP contribution in [0.2, 0.25) is 5.15 Å². The summed E-state index contributed by atoms with van der Waals surface area (Å²) in [7, 11) is 0. The van der Waals surface area contributed by atoms with E-state index in [0.717, 1.165) is 28.6 Å². The molecule has 0 unspecified atom stereocenters. The molecule has 1 aromatic heterocycles. The SMILES string of the molecule is CCc1nc(-c2ccc(CC(C)C)cc2)nc(Cl)c1Br. The fraction of sp³-hybridized carbons (Fsp3) is 0.375. The van der Waals surface area contributed by atoms with Crippen LogP contribution in [0.1, 0.15) is 32.0 Å². The maximum Gasteiger partial charge on any atom is 0.161 e. The second-order valence-electron chi connectivity index (χ2n) is 5.25. The molecule has 0 saturated heterocycles. The number of nitrogens with zero attached hydrogens (tertiary/aromatic N) is 2. The molecule has 0 bridgehead atoms. The van der Waals surface area contributed by atoms with Gasteiger partial charge in [-0.2, -0.15) is 0 Å². The van der Waals surface area contributed by atoms with Crippen LogP contribution in [0.25, 0.3) is 11.4 Å². The average Bonchev–Trinajstić information content (AvgIpc) is 2.42. The summed E-state index contributed by atoms with van der Waals surface area (Å²) >= 11 is 9.58. The van der Waals surface area contributed by atoms with Crippen molar-refractivity contribution in [2.24, 2.45) is 5.92 Å². The molecule has 106 valence electrons. The molecule has 0 radical (unpaired) electrons. The maximum absolute atomic E-state index is 6.15. The van der Waals surface area contributed by atoms with Crippen molar-refractivity contribution in [3.8, 4) is 11.4 Å². The van der Waals surface area contributed by atoms with Crippen molar-refractivity contribution >= 4 is 27.5 Å². The first-order valence-electron chi connectivity index (χ1n) is 6.82. The number of aryl methyl sites for hydroxylation is 1. The summed E-state index contributed by atoms with van der Waals surface area (Å²) in [6, 6.07) is 8.41. The van der Waals surface area contributed by atoms with Gasteiger partial charge in [0.25, 0.3) is 0 Å². The predicted molar refractivity (Wildman–Crippen MR) is 88.1 cm³/mol. The highest BCUT2D eigenvalue weighted by Gasteiger charge is 2.11. The van der Waals surface area contributed by atoms with Crippen molar-refractivity contribution in [1.29, 1.82) is 0 Å². The number of aromatic nitrogens is 2. The van der Waals surface area contributed by atoms with Gasteiger partial charge in [-0.25, -0.2) is 9.97 Å². The first-order chi connectivity index (χ1) is 9.51. The molecule has 0 N–H and O–H groups in total. The van der Waals surface area contributed by atoms with Crippen molar-refractivity contribution in [2.75, 3.05) is 0 Å². The first kappa shape index (κ1) is 15.5. The summed E-state index contributed by atoms with van der Waals surface area (Å²) < 4.78 is 0.793. The van der Waals surface area contributed by atoms with Gasteiger partial charge in [-0.1, -0.05) is 56.6 Å². The number of halogens is 2. The zero-order chi connectivity index (χ0) is 14.7. The average molecular weight is 354 g/mol. The molecule has 0 saturated carbocycles. The van der Waals surface area contributed by atoms with Crippen molar-refractivity contribution in [3.63, 3.8) is 0 Å². The monoisotopic (exact) mass is 352 g/mol. The van der Waals surface area contributed by atoms with Gasteiger partial charge in [-0.3, -0.25) is 0 Å². The Morgan fingerprint density at radius 3 is 2.35 bits per heavy atom. The third-order valence-electron chi connectivity index (χ3n) is 3.07. The fourth-order valence-corrected chi connectivity index (χ4v) is 2.73. The highest BCUT2D eigenvalue weighted by molar-refractivity contribution is 9.10. The van der Waals surface area contributed by atoms with Gasteiger partial charge in [-0.05, 0) is 40.3 Å². The zero-order valence-electron chi connectivity index (χ0n) is 12.0. The predicted octanol–water partition coefficient (Wildman–Crippen LogP) is 5.32. The van der Waals surface area contributed by atoms with Crippen molar-refractivity contribution < 1.29 is 0 Å². The van der Waals surface area contributed by atoms with Crippen LogP contribution < -0.4 is 0 Å². The Balaban J connectivity index is 2.34. The van der Waals surface area contributed by atoms with Crippen LogP contribution in [0.4, 0.5) is 0 Å². The molecule has 0 spiro atoms. The van der Waals surface area contributed by atoms with Gasteiger partial charge in [-0.15, -0.1) is 0 Å². The third-order valence-corrected chi connectivity index (χ3v) is 4.41. The minimum Gasteiger partial charge on any atom is -0.232 e. The topological polar surface area (TPSA) is 25.8 Å². The summed E-state index contributed by atoms with van der Waals surface area (Å²) in [6.07, 6.45) is 1.91. The first-order valence-corrected chi connectivity index (χ1v) is 7.99. The Kier molecular flexibility index (Phi) is 5.17. The van der Waals surface area contributed by atoms with Crippen molar-refractivity contribution in [1.82, 2.24) is 9.97 Å². The van der Waals surface area contributed by atoms with Crippen LogP contribution in [0.3, 0.4) is 0 Å². The molecule has 0 aliphatic heterocycles. The normalized spacial score (nSPS) is 11.1. The second kappa shape index (κ2) is 6.68. The molecule has 20 heavy (non-hydrogen) atoms. The number of hydrogen-bond donors (Lipinski definition) is 0. The summed E-state index contributed by atoms with van der Waals surface area (Å²) in [4.78, 5) is 8.92. The molecule has 0 aliphatic carbocycles. The quantitative estimate of drug-likeness (QED) is 0.695. The maximum atomic E-state index is 6.15. The minimum atomic E-state index is 0.470. The lowest BCUT2D eigenvalue weighted by Crippen LogP contribution is -1.98. The lowest BCUT2D eigenvalue weighted by Gasteiger charge is -2.08. The number of hydrogen-bond acceptors (Lipinski definition) is 2. The van der Waals surface area contributed by atoms with E-state index in [0.29, 0.717) is 16.9 Å². The molecule has 2 aromatic rings. The lowest BCUT2D eigenvalue weighted by atomic mass is 10.0. The summed E-state index contributed by atoms with van der Waals surface area (Å²) in [5, 5.41) is 0.470. The van der Waals surface area contributed by atoms with Crippen LogP contribution in [0.15, 0.2) is 28.7 Å². The van der Waals surface area contributed by atoms with E-state index in [1.54, 1.807) is 0 Å². The van der Waals surface area contributed by atoms with Crippen LogP contribution in [0, 0.1) is 5.92 Å². The Bertz CT molecular complexity index is 594. The Labute approximate surface area is 133 Å². The molecular formula is C16H18BrClN2. The molecule has 4 heteroatoms. The zero-order valence-corrected chi connectivity index (χ0v) is 14.3. The second-order valence-corrected chi connectivity index (χ2v) is 6.40. The molecule has 0 amide bonds. The van der Waals surface area contributed by atoms with Crippen molar-refractivity contribution in [3.05, 3.63) is 45.1 Å². The molecule has 0 aliphatic rings. The molecule has 1 heterocycles. The standard InChI is InChI=1S/C16H18BrClN2/c1-4-13-14(17)15(18)20-16(19-13)12-7-5-11(6-8-12)9-10(2)3/h5-8,10H,4,9H2,1-3H3. The van der Waals surface area contributed by atoms with Gasteiger partial charge in [0.15, 0.2) is 5.82 Å². The van der Waals surface area contributed by atoms with E-state index in [-0.39, 0.29) is 0 Å². The van der Waals surface area contributed by atoms with E-state index in [1.807, 2.05) is 0 Å². The lowest BCUT2D eigenvalue weighted by molar-refractivity contribution is 0.647. The molecular weight excluding hydrogens is 336 g/mol. The number of rotatable bonds is 4. The summed E-state index contributed by atoms with van der Waals surface area (Å²) in [6.45, 7) is 6.50. The van der Waals surface area contributed by atoms with Crippen LogP contribution in [-0.4, -0.2) is 9.97 Å². The molecule has 2 rings (SSSR count). The number of benzene rings is 1. The smallest absolute Gasteiger partial charge is 0.161 e. The van der Waals surface area contributed by atoms with E-state index in [9.17, 15) is 0 Å². The Morgan fingerprint density at radius 2 is 1.80 bits per heavy atom. The van der Waals surface area contributed by atoms with Gasteiger partial charge in [0.05, 0.1) is 10.2 Å². The van der Waals surface area contributed by atoms with Gasteiger partial charge >= 0.3 is 0 Å². The minimum absolute atomic E-state index is 0.470. The molecule has 0 fully saturated rings. The van der Waals surface area contributed by atoms with Gasteiger partial charge < -0.3 is 0 Å².